The Morgan fingerprint density at radius 1 is 1.08 bits per heavy atom. The molecule has 4 nitrogen and oxygen atoms in total. The van der Waals surface area contributed by atoms with E-state index in [0.29, 0.717) is 24.8 Å². The van der Waals surface area contributed by atoms with Crippen molar-refractivity contribution >= 4 is 22.6 Å². The third-order valence-electron chi connectivity index (χ3n) is 3.73. The van der Waals surface area contributed by atoms with Crippen molar-refractivity contribution in [3.63, 3.8) is 0 Å². The third-order valence-corrected chi connectivity index (χ3v) is 3.98. The summed E-state index contributed by atoms with van der Waals surface area (Å²) in [4.78, 5) is 4.66. The summed E-state index contributed by atoms with van der Waals surface area (Å²) in [6.45, 7) is 3.72. The van der Waals surface area contributed by atoms with Gasteiger partial charge >= 0.3 is 0 Å². The molecule has 2 aromatic carbocycles. The van der Waals surface area contributed by atoms with E-state index in [9.17, 15) is 0 Å². The number of nitrogens with zero attached hydrogens (tertiary/aromatic N) is 1. The van der Waals surface area contributed by atoms with Crippen LogP contribution >= 0.6 is 11.6 Å². The fourth-order valence-corrected chi connectivity index (χ4v) is 2.68. The monoisotopic (exact) mass is 357 g/mol. The minimum Gasteiger partial charge on any atom is -0.494 e. The minimum absolute atomic E-state index is 0.564. The van der Waals surface area contributed by atoms with Gasteiger partial charge in [-0.2, -0.15) is 0 Å². The molecule has 1 heterocycles. The van der Waals surface area contributed by atoms with Crippen molar-refractivity contribution in [2.24, 2.45) is 4.99 Å². The van der Waals surface area contributed by atoms with Crippen molar-refractivity contribution < 1.29 is 13.9 Å². The number of hydrogen-bond donors (Lipinski definition) is 0. The predicted molar refractivity (Wildman–Crippen MR) is 100 cm³/mol. The van der Waals surface area contributed by atoms with E-state index in [-0.39, 0.29) is 0 Å². The minimum atomic E-state index is 0.564. The number of rotatable bonds is 6. The zero-order chi connectivity index (χ0) is 17.6. The maximum atomic E-state index is 6.08. The lowest BCUT2D eigenvalue weighted by Gasteiger charge is -2.08. The Morgan fingerprint density at radius 3 is 2.60 bits per heavy atom. The van der Waals surface area contributed by atoms with Crippen LogP contribution < -0.4 is 10.1 Å². The SMILES string of the molecule is CCOc1ccc2oc(-c3ccc(Cl)cc3)cc(=NCCOC)c2c1. The van der Waals surface area contributed by atoms with Crippen LogP contribution in [0.1, 0.15) is 6.92 Å². The van der Waals surface area contributed by atoms with Gasteiger partial charge in [-0.15, -0.1) is 0 Å². The van der Waals surface area contributed by atoms with Crippen molar-refractivity contribution in [1.82, 2.24) is 0 Å². The van der Waals surface area contributed by atoms with Crippen LogP contribution in [-0.2, 0) is 4.74 Å². The van der Waals surface area contributed by atoms with Gasteiger partial charge in [-0.3, -0.25) is 4.99 Å². The normalized spacial score (nSPS) is 11.9. The highest BCUT2D eigenvalue weighted by Gasteiger charge is 2.07. The van der Waals surface area contributed by atoms with Gasteiger partial charge in [0.25, 0.3) is 0 Å². The summed E-state index contributed by atoms with van der Waals surface area (Å²) in [5.41, 5.74) is 1.70. The van der Waals surface area contributed by atoms with Gasteiger partial charge in [0.2, 0.25) is 0 Å². The fraction of sp³-hybridized carbons (Fsp3) is 0.250. The lowest BCUT2D eigenvalue weighted by Crippen LogP contribution is -2.07. The number of methoxy groups -OCH3 is 1. The Bertz CT molecular complexity index is 916. The van der Waals surface area contributed by atoms with E-state index in [1.807, 2.05) is 55.5 Å². The number of ether oxygens (including phenoxy) is 2. The molecule has 0 bridgehead atoms. The first-order chi connectivity index (χ1) is 12.2. The van der Waals surface area contributed by atoms with E-state index in [2.05, 4.69) is 4.99 Å². The first-order valence-electron chi connectivity index (χ1n) is 8.17. The van der Waals surface area contributed by atoms with Crippen LogP contribution in [0.4, 0.5) is 0 Å². The fourth-order valence-electron chi connectivity index (χ4n) is 2.55. The van der Waals surface area contributed by atoms with Gasteiger partial charge < -0.3 is 13.9 Å². The molecular weight excluding hydrogens is 338 g/mol. The van der Waals surface area contributed by atoms with Crippen molar-refractivity contribution in [1.29, 1.82) is 0 Å². The lowest BCUT2D eigenvalue weighted by atomic mass is 10.1. The van der Waals surface area contributed by atoms with Crippen LogP contribution in [0.2, 0.25) is 5.02 Å². The molecule has 0 saturated carbocycles. The van der Waals surface area contributed by atoms with Gasteiger partial charge in [-0.05, 0) is 49.4 Å². The highest BCUT2D eigenvalue weighted by Crippen LogP contribution is 2.25. The van der Waals surface area contributed by atoms with E-state index in [1.54, 1.807) is 7.11 Å². The number of benzene rings is 2. The first-order valence-corrected chi connectivity index (χ1v) is 8.55. The van der Waals surface area contributed by atoms with Gasteiger partial charge in [0.15, 0.2) is 0 Å². The average Bonchev–Trinajstić information content (AvgIpc) is 2.63. The van der Waals surface area contributed by atoms with Gasteiger partial charge in [-0.25, -0.2) is 0 Å². The molecule has 1 aromatic heterocycles. The van der Waals surface area contributed by atoms with Crippen molar-refractivity contribution in [3.05, 3.63) is 58.9 Å². The molecule has 130 valence electrons. The summed E-state index contributed by atoms with van der Waals surface area (Å²) in [5.74, 6) is 1.54. The second kappa shape index (κ2) is 8.19. The number of hydrogen-bond acceptors (Lipinski definition) is 4. The zero-order valence-corrected chi connectivity index (χ0v) is 15.0. The Labute approximate surface area is 151 Å². The first kappa shape index (κ1) is 17.5. The van der Waals surface area contributed by atoms with E-state index >= 15 is 0 Å². The molecule has 0 aliphatic rings. The van der Waals surface area contributed by atoms with Gasteiger partial charge in [0, 0.05) is 29.1 Å². The molecule has 0 aliphatic carbocycles. The highest BCUT2D eigenvalue weighted by atomic mass is 35.5. The van der Waals surface area contributed by atoms with E-state index in [0.717, 1.165) is 33.4 Å². The Morgan fingerprint density at radius 2 is 1.88 bits per heavy atom. The topological polar surface area (TPSA) is 44.0 Å². The third kappa shape index (κ3) is 4.21. The van der Waals surface area contributed by atoms with Crippen LogP contribution in [0, 0.1) is 0 Å². The average molecular weight is 358 g/mol. The van der Waals surface area contributed by atoms with E-state index in [4.69, 9.17) is 25.5 Å². The molecule has 0 aliphatic heterocycles. The molecular formula is C20H20ClNO3. The van der Waals surface area contributed by atoms with Crippen molar-refractivity contribution in [3.8, 4) is 17.1 Å². The Kier molecular flexibility index (Phi) is 5.74. The molecule has 0 atom stereocenters. The Balaban J connectivity index is 2.15. The standard InChI is InChI=1S/C20H20ClNO3/c1-3-24-16-8-9-19-17(12-16)18(22-10-11-23-2)13-20(25-19)14-4-6-15(21)7-5-14/h4-9,12-13H,3,10-11H2,1-2H3. The smallest absolute Gasteiger partial charge is 0.137 e. The summed E-state index contributed by atoms with van der Waals surface area (Å²) in [6.07, 6.45) is 0. The van der Waals surface area contributed by atoms with Crippen LogP contribution in [0.3, 0.4) is 0 Å². The predicted octanol–water partition coefficient (Wildman–Crippen LogP) is 4.70. The van der Waals surface area contributed by atoms with Gasteiger partial charge in [0.1, 0.15) is 17.1 Å². The maximum Gasteiger partial charge on any atom is 0.137 e. The molecule has 25 heavy (non-hydrogen) atoms. The van der Waals surface area contributed by atoms with Gasteiger partial charge in [0.05, 0.1) is 25.1 Å². The van der Waals surface area contributed by atoms with Crippen LogP contribution in [0.25, 0.3) is 22.3 Å². The molecule has 0 spiro atoms. The quantitative estimate of drug-likeness (QED) is 0.601. The van der Waals surface area contributed by atoms with E-state index in [1.165, 1.54) is 0 Å². The molecule has 0 N–H and O–H groups in total. The van der Waals surface area contributed by atoms with Crippen molar-refractivity contribution in [2.75, 3.05) is 26.9 Å². The number of fused-ring (bicyclic) bond motifs is 1. The summed E-state index contributed by atoms with van der Waals surface area (Å²) < 4.78 is 16.8. The largest absolute Gasteiger partial charge is 0.494 e. The van der Waals surface area contributed by atoms with Crippen LogP contribution in [0.15, 0.2) is 57.9 Å². The van der Waals surface area contributed by atoms with E-state index < -0.39 is 0 Å². The van der Waals surface area contributed by atoms with Crippen LogP contribution in [-0.4, -0.2) is 26.9 Å². The second-order valence-corrected chi connectivity index (χ2v) is 5.90. The number of halogens is 1. The molecule has 0 fully saturated rings. The Hall–Kier alpha value is -2.30. The summed E-state index contributed by atoms with van der Waals surface area (Å²) in [7, 11) is 1.67. The molecule has 3 rings (SSSR count). The highest BCUT2D eigenvalue weighted by molar-refractivity contribution is 6.30. The zero-order valence-electron chi connectivity index (χ0n) is 14.3. The maximum absolute atomic E-state index is 6.08. The summed E-state index contributed by atoms with van der Waals surface area (Å²) in [6, 6.07) is 15.3. The molecule has 0 amide bonds. The lowest BCUT2D eigenvalue weighted by molar-refractivity contribution is 0.207. The van der Waals surface area contributed by atoms with Crippen LogP contribution in [0.5, 0.6) is 5.75 Å². The molecule has 0 saturated heterocycles. The summed E-state index contributed by atoms with van der Waals surface area (Å²) >= 11 is 5.98. The molecule has 3 aromatic rings. The second-order valence-electron chi connectivity index (χ2n) is 5.47. The molecule has 5 heteroatoms. The molecule has 0 unspecified atom stereocenters. The van der Waals surface area contributed by atoms with Gasteiger partial charge in [-0.1, -0.05) is 11.6 Å². The molecule has 0 radical (unpaired) electrons. The van der Waals surface area contributed by atoms with Crippen molar-refractivity contribution in [2.45, 2.75) is 6.92 Å². The summed E-state index contributed by atoms with van der Waals surface area (Å²) in [5, 5.41) is 2.46.